The third-order valence-corrected chi connectivity index (χ3v) is 10.2. The lowest BCUT2D eigenvalue weighted by Crippen LogP contribution is -2.23. The minimum Gasteiger partial charge on any atom is -0.393 e. The molecule has 0 fully saturated rings. The van der Waals surface area contributed by atoms with Gasteiger partial charge in [0.15, 0.2) is 0 Å². The van der Waals surface area contributed by atoms with Crippen molar-refractivity contribution in [3.05, 3.63) is 35.4 Å². The number of carbonyl (C=O) groups is 2. The van der Waals surface area contributed by atoms with Gasteiger partial charge in [0.25, 0.3) is 0 Å². The summed E-state index contributed by atoms with van der Waals surface area (Å²) in [5.41, 5.74) is 2.10. The summed E-state index contributed by atoms with van der Waals surface area (Å²) in [5, 5.41) is 26.6. The molecule has 0 aliphatic rings. The summed E-state index contributed by atoms with van der Waals surface area (Å²) in [6.45, 7) is 5.54. The molecule has 2 atom stereocenters. The van der Waals surface area contributed by atoms with Gasteiger partial charge in [-0.1, -0.05) is 179 Å². The highest BCUT2D eigenvalue weighted by Gasteiger charge is 2.08. The summed E-state index contributed by atoms with van der Waals surface area (Å²) >= 11 is 0. The molecule has 0 aliphatic heterocycles. The van der Waals surface area contributed by atoms with Crippen molar-refractivity contribution in [1.82, 2.24) is 10.6 Å². The first-order valence-corrected chi connectivity index (χ1v) is 21.4. The van der Waals surface area contributed by atoms with Gasteiger partial charge in [0, 0.05) is 25.9 Å². The minimum absolute atomic E-state index is 0.0740. The van der Waals surface area contributed by atoms with E-state index in [4.69, 9.17) is 0 Å². The summed E-state index contributed by atoms with van der Waals surface area (Å²) in [4.78, 5) is 24.6. The molecule has 0 radical (unpaired) electrons. The van der Waals surface area contributed by atoms with E-state index in [1.165, 1.54) is 103 Å². The average molecular weight is 701 g/mol. The van der Waals surface area contributed by atoms with Crippen LogP contribution in [0.2, 0.25) is 0 Å². The SMILES string of the molecule is CCCCCCCCCCCC(O)CCCCCC(=O)NCc1ccc(CNC(=O)CCCCCC(O)CCCCCCCCCCC)cc1. The van der Waals surface area contributed by atoms with E-state index in [0.717, 1.165) is 88.2 Å². The van der Waals surface area contributed by atoms with E-state index in [9.17, 15) is 19.8 Å². The van der Waals surface area contributed by atoms with E-state index < -0.39 is 0 Å². The van der Waals surface area contributed by atoms with Crippen LogP contribution in [0.5, 0.6) is 0 Å². The van der Waals surface area contributed by atoms with E-state index in [-0.39, 0.29) is 24.0 Å². The highest BCUT2D eigenvalue weighted by Crippen LogP contribution is 2.16. The standard InChI is InChI=1S/C44H80N2O4/c1-3-5-7-9-11-13-15-17-21-27-41(47)29-23-19-25-31-43(49)45-37-39-33-35-40(36-34-39)38-46-44(50)32-26-20-24-30-42(48)28-22-18-16-14-12-10-8-6-4-2/h33-36,41-42,47-48H,3-32,37-38H2,1-2H3,(H,45,49)(H,46,50). The Kier molecular flexibility index (Phi) is 31.5. The van der Waals surface area contributed by atoms with Gasteiger partial charge in [0.05, 0.1) is 12.2 Å². The largest absolute Gasteiger partial charge is 0.393 e. The van der Waals surface area contributed by atoms with Gasteiger partial charge < -0.3 is 20.8 Å². The Balaban J connectivity index is 1.98. The molecule has 0 aliphatic carbocycles. The minimum atomic E-state index is -0.195. The van der Waals surface area contributed by atoms with Crippen molar-refractivity contribution in [3.8, 4) is 0 Å². The van der Waals surface area contributed by atoms with Crippen molar-refractivity contribution in [2.75, 3.05) is 0 Å². The van der Waals surface area contributed by atoms with Crippen molar-refractivity contribution in [2.24, 2.45) is 0 Å². The highest BCUT2D eigenvalue weighted by molar-refractivity contribution is 5.76. The molecule has 290 valence electrons. The zero-order chi connectivity index (χ0) is 36.3. The number of hydrogen-bond donors (Lipinski definition) is 4. The van der Waals surface area contributed by atoms with Crippen molar-refractivity contribution in [1.29, 1.82) is 0 Å². The predicted octanol–water partition coefficient (Wildman–Crippen LogP) is 11.4. The molecule has 4 N–H and O–H groups in total. The van der Waals surface area contributed by atoms with Crippen molar-refractivity contribution in [3.63, 3.8) is 0 Å². The molecule has 0 saturated carbocycles. The van der Waals surface area contributed by atoms with E-state index >= 15 is 0 Å². The lowest BCUT2D eigenvalue weighted by molar-refractivity contribution is -0.122. The van der Waals surface area contributed by atoms with Gasteiger partial charge in [-0.3, -0.25) is 9.59 Å². The smallest absolute Gasteiger partial charge is 0.220 e. The monoisotopic (exact) mass is 701 g/mol. The van der Waals surface area contributed by atoms with E-state index in [1.54, 1.807) is 0 Å². The number of hydrogen-bond acceptors (Lipinski definition) is 4. The molecule has 2 unspecified atom stereocenters. The van der Waals surface area contributed by atoms with Crippen molar-refractivity contribution in [2.45, 2.75) is 232 Å². The van der Waals surface area contributed by atoms with Gasteiger partial charge in [-0.25, -0.2) is 0 Å². The Labute approximate surface area is 308 Å². The Morgan fingerprint density at radius 2 is 0.700 bits per heavy atom. The first-order valence-electron chi connectivity index (χ1n) is 21.4. The van der Waals surface area contributed by atoms with Crippen LogP contribution in [-0.2, 0) is 22.7 Å². The van der Waals surface area contributed by atoms with E-state index in [2.05, 4.69) is 24.5 Å². The molecule has 1 aromatic rings. The van der Waals surface area contributed by atoms with Crippen molar-refractivity contribution < 1.29 is 19.8 Å². The fraction of sp³-hybridized carbons (Fsp3) is 0.818. The van der Waals surface area contributed by atoms with Crippen LogP contribution in [0.25, 0.3) is 0 Å². The fourth-order valence-electron chi connectivity index (χ4n) is 6.71. The number of nitrogens with one attached hydrogen (secondary N) is 2. The second-order valence-electron chi connectivity index (χ2n) is 15.1. The molecule has 1 rings (SSSR count). The first kappa shape index (κ1) is 46.1. The van der Waals surface area contributed by atoms with E-state index in [1.807, 2.05) is 24.3 Å². The second-order valence-corrected chi connectivity index (χ2v) is 15.1. The Morgan fingerprint density at radius 3 is 1.00 bits per heavy atom. The third kappa shape index (κ3) is 29.8. The van der Waals surface area contributed by atoms with E-state index in [0.29, 0.717) is 25.9 Å². The summed E-state index contributed by atoms with van der Waals surface area (Å²) in [5.74, 6) is 0.148. The number of carbonyl (C=O) groups excluding carboxylic acids is 2. The average Bonchev–Trinajstić information content (AvgIpc) is 3.11. The topological polar surface area (TPSA) is 98.7 Å². The highest BCUT2D eigenvalue weighted by atomic mass is 16.3. The van der Waals surface area contributed by atoms with Gasteiger partial charge in [-0.05, 0) is 49.7 Å². The lowest BCUT2D eigenvalue weighted by Gasteiger charge is -2.11. The molecule has 6 heteroatoms. The lowest BCUT2D eigenvalue weighted by atomic mass is 10.0. The molecule has 2 amide bonds. The number of aliphatic hydroxyl groups excluding tert-OH is 2. The first-order chi connectivity index (χ1) is 24.4. The molecular formula is C44H80N2O4. The van der Waals surface area contributed by atoms with Crippen LogP contribution in [0, 0.1) is 0 Å². The van der Waals surface area contributed by atoms with Gasteiger partial charge in [0.1, 0.15) is 0 Å². The molecule has 0 spiro atoms. The molecular weight excluding hydrogens is 620 g/mol. The van der Waals surface area contributed by atoms with Crippen LogP contribution in [0.15, 0.2) is 24.3 Å². The quantitative estimate of drug-likeness (QED) is 0.0524. The molecule has 0 heterocycles. The third-order valence-electron chi connectivity index (χ3n) is 10.2. The molecule has 1 aromatic carbocycles. The van der Waals surface area contributed by atoms with Gasteiger partial charge in [-0.2, -0.15) is 0 Å². The van der Waals surface area contributed by atoms with Crippen LogP contribution < -0.4 is 10.6 Å². The molecule has 0 aromatic heterocycles. The number of aliphatic hydroxyl groups is 2. The Bertz CT molecular complexity index is 833. The maximum Gasteiger partial charge on any atom is 0.220 e. The molecule has 6 nitrogen and oxygen atoms in total. The summed E-state index contributed by atoms with van der Waals surface area (Å²) in [6, 6.07) is 8.04. The van der Waals surface area contributed by atoms with Gasteiger partial charge >= 0.3 is 0 Å². The van der Waals surface area contributed by atoms with Crippen LogP contribution >= 0.6 is 0 Å². The normalized spacial score (nSPS) is 12.6. The van der Waals surface area contributed by atoms with Crippen LogP contribution in [0.1, 0.15) is 218 Å². The van der Waals surface area contributed by atoms with Crippen LogP contribution in [-0.4, -0.2) is 34.2 Å². The Morgan fingerprint density at radius 1 is 0.440 bits per heavy atom. The van der Waals surface area contributed by atoms with Crippen molar-refractivity contribution >= 4 is 11.8 Å². The van der Waals surface area contributed by atoms with Crippen LogP contribution in [0.3, 0.4) is 0 Å². The zero-order valence-corrected chi connectivity index (χ0v) is 32.8. The summed E-state index contributed by atoms with van der Waals surface area (Å²) in [6.07, 6.45) is 33.3. The maximum atomic E-state index is 12.3. The second kappa shape index (κ2) is 34.2. The number of rotatable bonds is 36. The van der Waals surface area contributed by atoms with Crippen LogP contribution in [0.4, 0.5) is 0 Å². The Hall–Kier alpha value is -1.92. The number of amides is 2. The zero-order valence-electron chi connectivity index (χ0n) is 32.8. The number of benzene rings is 1. The number of unbranched alkanes of at least 4 members (excludes halogenated alkanes) is 20. The summed E-state index contributed by atoms with van der Waals surface area (Å²) < 4.78 is 0. The van der Waals surface area contributed by atoms with Gasteiger partial charge in [-0.15, -0.1) is 0 Å². The summed E-state index contributed by atoms with van der Waals surface area (Å²) in [7, 11) is 0. The fourth-order valence-corrected chi connectivity index (χ4v) is 6.71. The molecule has 50 heavy (non-hydrogen) atoms. The maximum absolute atomic E-state index is 12.3. The van der Waals surface area contributed by atoms with Gasteiger partial charge in [0.2, 0.25) is 11.8 Å². The predicted molar refractivity (Wildman–Crippen MR) is 212 cm³/mol. The molecule has 0 saturated heterocycles. The molecule has 0 bridgehead atoms.